The van der Waals surface area contributed by atoms with Crippen molar-refractivity contribution in [2.24, 2.45) is 0 Å². The highest BCUT2D eigenvalue weighted by atomic mass is 15.2. The van der Waals surface area contributed by atoms with E-state index in [-0.39, 0.29) is 10.8 Å². The fourth-order valence-electron chi connectivity index (χ4n) is 9.84. The molecule has 2 aliphatic rings. The highest BCUT2D eigenvalue weighted by Crippen LogP contribution is 2.59. The number of hydrogen-bond acceptors (Lipinski definition) is 1. The summed E-state index contributed by atoms with van der Waals surface area (Å²) in [6.45, 7) is 9.61. The molecule has 0 saturated heterocycles. The van der Waals surface area contributed by atoms with E-state index in [4.69, 9.17) is 0 Å². The molecule has 10 rings (SSSR count). The number of hydrogen-bond donors (Lipinski definition) is 0. The Morgan fingerprint density at radius 1 is 0.291 bits per heavy atom. The number of benzene rings is 8. The topological polar surface area (TPSA) is 3.24 Å². The molecule has 0 bridgehead atoms. The van der Waals surface area contributed by atoms with Gasteiger partial charge in [0.1, 0.15) is 0 Å². The zero-order chi connectivity index (χ0) is 37.3. The van der Waals surface area contributed by atoms with Crippen molar-refractivity contribution in [3.8, 4) is 55.6 Å². The molecule has 0 unspecified atom stereocenters. The molecule has 0 aromatic heterocycles. The molecule has 8 aromatic rings. The Hall–Kier alpha value is -6.44. The van der Waals surface area contributed by atoms with E-state index in [0.717, 1.165) is 5.69 Å². The van der Waals surface area contributed by atoms with Gasteiger partial charge in [-0.3, -0.25) is 0 Å². The summed E-state index contributed by atoms with van der Waals surface area (Å²) in [4.78, 5) is 2.63. The van der Waals surface area contributed by atoms with E-state index in [0.29, 0.717) is 0 Å². The first-order valence-corrected chi connectivity index (χ1v) is 19.5. The van der Waals surface area contributed by atoms with E-state index >= 15 is 0 Å². The molecule has 0 heterocycles. The molecule has 0 fully saturated rings. The van der Waals surface area contributed by atoms with E-state index in [1.165, 1.54) is 89.3 Å². The molecule has 0 aliphatic heterocycles. The Labute approximate surface area is 325 Å². The van der Waals surface area contributed by atoms with Gasteiger partial charge in [0.25, 0.3) is 0 Å². The first-order valence-electron chi connectivity index (χ1n) is 19.5. The van der Waals surface area contributed by atoms with Crippen LogP contribution in [-0.2, 0) is 10.8 Å². The van der Waals surface area contributed by atoms with Crippen LogP contribution in [0.25, 0.3) is 55.6 Å². The Balaban J connectivity index is 1.35. The maximum Gasteiger partial charge on any atom is 0.0546 e. The van der Waals surface area contributed by atoms with Crippen LogP contribution in [0.4, 0.5) is 17.1 Å². The minimum Gasteiger partial charge on any atom is -0.309 e. The van der Waals surface area contributed by atoms with Gasteiger partial charge < -0.3 is 4.90 Å². The Kier molecular flexibility index (Phi) is 7.58. The van der Waals surface area contributed by atoms with Crippen LogP contribution < -0.4 is 4.90 Å². The predicted molar refractivity (Wildman–Crippen MR) is 233 cm³/mol. The van der Waals surface area contributed by atoms with Crippen LogP contribution in [0.3, 0.4) is 0 Å². The van der Waals surface area contributed by atoms with Crippen molar-refractivity contribution in [3.63, 3.8) is 0 Å². The van der Waals surface area contributed by atoms with Gasteiger partial charge in [-0.15, -0.1) is 0 Å². The third-order valence-corrected chi connectivity index (χ3v) is 12.2. The van der Waals surface area contributed by atoms with Crippen LogP contribution in [0.15, 0.2) is 188 Å². The van der Waals surface area contributed by atoms with Gasteiger partial charge in [0.15, 0.2) is 0 Å². The van der Waals surface area contributed by atoms with Gasteiger partial charge in [0.05, 0.1) is 17.1 Å². The van der Waals surface area contributed by atoms with Crippen LogP contribution >= 0.6 is 0 Å². The Morgan fingerprint density at radius 3 is 1.16 bits per heavy atom. The molecule has 0 radical (unpaired) electrons. The Morgan fingerprint density at radius 2 is 0.655 bits per heavy atom. The van der Waals surface area contributed by atoms with Gasteiger partial charge >= 0.3 is 0 Å². The van der Waals surface area contributed by atoms with Crippen LogP contribution in [0.5, 0.6) is 0 Å². The summed E-state index contributed by atoms with van der Waals surface area (Å²) >= 11 is 0. The van der Waals surface area contributed by atoms with E-state index in [9.17, 15) is 0 Å². The molecular formula is C54H43N. The second-order valence-electron chi connectivity index (χ2n) is 16.1. The van der Waals surface area contributed by atoms with Crippen molar-refractivity contribution in [2.45, 2.75) is 38.5 Å². The van der Waals surface area contributed by atoms with E-state index < -0.39 is 0 Å². The standard InChI is InChI=1S/C54H43N/c1-53(2)45-31-15-13-25-40(45)43-29-18-34-48(51(43)53)55(49-35-19-30-44-41-26-14-16-32-46(41)54(3,4)52(44)49)47-33-17-28-39(37-22-9-6-10-23-37)50(47)42-27-12-11-24-38(42)36-20-7-5-8-21-36/h5-35H,1-4H3. The summed E-state index contributed by atoms with van der Waals surface area (Å²) in [5.41, 5.74) is 21.1. The monoisotopic (exact) mass is 705 g/mol. The van der Waals surface area contributed by atoms with Crippen molar-refractivity contribution in [2.75, 3.05) is 4.90 Å². The molecule has 8 aromatic carbocycles. The fraction of sp³-hybridized carbons (Fsp3) is 0.111. The zero-order valence-corrected chi connectivity index (χ0v) is 31.8. The highest BCUT2D eigenvalue weighted by Gasteiger charge is 2.42. The third-order valence-electron chi connectivity index (χ3n) is 12.2. The molecule has 0 atom stereocenters. The number of nitrogens with zero attached hydrogens (tertiary/aromatic N) is 1. The summed E-state index contributed by atoms with van der Waals surface area (Å²) in [5, 5.41) is 0. The van der Waals surface area contributed by atoms with Gasteiger partial charge in [-0.2, -0.15) is 0 Å². The Bertz CT molecular complexity index is 2650. The average molecular weight is 706 g/mol. The summed E-state index contributed by atoms with van der Waals surface area (Å²) in [6, 6.07) is 69.5. The van der Waals surface area contributed by atoms with Crippen LogP contribution in [0.2, 0.25) is 0 Å². The molecule has 2 aliphatic carbocycles. The lowest BCUT2D eigenvalue weighted by atomic mass is 9.79. The van der Waals surface area contributed by atoms with E-state index in [2.05, 4.69) is 221 Å². The van der Waals surface area contributed by atoms with Crippen molar-refractivity contribution < 1.29 is 0 Å². The lowest BCUT2D eigenvalue weighted by molar-refractivity contribution is 0.656. The second kappa shape index (κ2) is 12.6. The molecule has 0 saturated carbocycles. The molecule has 55 heavy (non-hydrogen) atoms. The van der Waals surface area contributed by atoms with Gasteiger partial charge in [0.2, 0.25) is 0 Å². The van der Waals surface area contributed by atoms with Gasteiger partial charge in [0, 0.05) is 16.4 Å². The number of rotatable bonds is 6. The lowest BCUT2D eigenvalue weighted by Gasteiger charge is -2.37. The zero-order valence-electron chi connectivity index (χ0n) is 31.8. The van der Waals surface area contributed by atoms with Crippen LogP contribution in [0, 0.1) is 0 Å². The second-order valence-corrected chi connectivity index (χ2v) is 16.1. The van der Waals surface area contributed by atoms with Gasteiger partial charge in [-0.1, -0.05) is 198 Å². The molecule has 0 amide bonds. The lowest BCUT2D eigenvalue weighted by Crippen LogP contribution is -2.24. The smallest absolute Gasteiger partial charge is 0.0546 e. The molecule has 0 N–H and O–H groups in total. The fourth-order valence-corrected chi connectivity index (χ4v) is 9.84. The van der Waals surface area contributed by atoms with Crippen LogP contribution in [0.1, 0.15) is 49.9 Å². The molecule has 1 heteroatoms. The predicted octanol–water partition coefficient (Wildman–Crippen LogP) is 14.8. The molecule has 0 spiro atoms. The SMILES string of the molecule is CC1(C)c2ccccc2-c2cccc(N(c3cccc(-c4ccccc4)c3-c3ccccc3-c3ccccc3)c3cccc4c3C(C)(C)c3ccccc3-4)c21. The van der Waals surface area contributed by atoms with Gasteiger partial charge in [-0.25, -0.2) is 0 Å². The normalized spacial score (nSPS) is 14.1. The largest absolute Gasteiger partial charge is 0.309 e. The first-order chi connectivity index (χ1) is 26.9. The summed E-state index contributed by atoms with van der Waals surface area (Å²) in [5.74, 6) is 0. The average Bonchev–Trinajstić information content (AvgIpc) is 3.62. The summed E-state index contributed by atoms with van der Waals surface area (Å²) < 4.78 is 0. The van der Waals surface area contributed by atoms with Crippen molar-refractivity contribution in [1.82, 2.24) is 0 Å². The third kappa shape index (κ3) is 5.00. The summed E-state index contributed by atoms with van der Waals surface area (Å²) in [6.07, 6.45) is 0. The van der Waals surface area contributed by atoms with Crippen molar-refractivity contribution >= 4 is 17.1 Å². The molecular weight excluding hydrogens is 663 g/mol. The molecule has 1 nitrogen and oxygen atoms in total. The number of fused-ring (bicyclic) bond motifs is 6. The van der Waals surface area contributed by atoms with E-state index in [1.807, 2.05) is 0 Å². The van der Waals surface area contributed by atoms with Gasteiger partial charge in [-0.05, 0) is 90.5 Å². The minimum absolute atomic E-state index is 0.226. The minimum atomic E-state index is -0.226. The molecule has 264 valence electrons. The summed E-state index contributed by atoms with van der Waals surface area (Å²) in [7, 11) is 0. The quantitative estimate of drug-likeness (QED) is 0.166. The number of anilines is 3. The maximum atomic E-state index is 2.63. The van der Waals surface area contributed by atoms with Crippen LogP contribution in [-0.4, -0.2) is 0 Å². The first kappa shape index (κ1) is 33.2. The highest BCUT2D eigenvalue weighted by molar-refractivity contribution is 6.03. The van der Waals surface area contributed by atoms with E-state index in [1.54, 1.807) is 0 Å². The van der Waals surface area contributed by atoms with Crippen molar-refractivity contribution in [3.05, 3.63) is 210 Å². The van der Waals surface area contributed by atoms with Crippen molar-refractivity contribution in [1.29, 1.82) is 0 Å². The maximum absolute atomic E-state index is 2.63.